The van der Waals surface area contributed by atoms with Crippen molar-refractivity contribution in [1.29, 1.82) is 0 Å². The van der Waals surface area contributed by atoms with E-state index in [9.17, 15) is 9.18 Å². The average Bonchev–Trinajstić information content (AvgIpc) is 2.83. The number of carbonyl (C=O) groups is 1. The third kappa shape index (κ3) is 3.27. The first-order valence-electron chi connectivity index (χ1n) is 5.73. The number of amides is 2. The van der Waals surface area contributed by atoms with Crippen molar-refractivity contribution < 1.29 is 9.18 Å². The summed E-state index contributed by atoms with van der Waals surface area (Å²) >= 11 is 0. The number of hydrogen-bond acceptors (Lipinski definition) is 3. The van der Waals surface area contributed by atoms with Gasteiger partial charge in [0.05, 0.1) is 18.4 Å². The van der Waals surface area contributed by atoms with Gasteiger partial charge in [-0.25, -0.2) is 13.9 Å². The summed E-state index contributed by atoms with van der Waals surface area (Å²) in [5.41, 5.74) is 1.98. The van der Waals surface area contributed by atoms with Crippen LogP contribution in [0, 0.1) is 12.7 Å². The van der Waals surface area contributed by atoms with Crippen LogP contribution in [0.25, 0.3) is 5.69 Å². The molecule has 1 heterocycles. The molecule has 6 nitrogen and oxygen atoms in total. The van der Waals surface area contributed by atoms with Crippen LogP contribution in [0.1, 0.15) is 11.3 Å². The van der Waals surface area contributed by atoms with E-state index in [-0.39, 0.29) is 18.4 Å². The van der Waals surface area contributed by atoms with E-state index in [0.717, 1.165) is 5.56 Å². The van der Waals surface area contributed by atoms with Gasteiger partial charge in [-0.15, -0.1) is 5.10 Å². The third-order valence-corrected chi connectivity index (χ3v) is 2.49. The van der Waals surface area contributed by atoms with Crippen molar-refractivity contribution in [3.63, 3.8) is 0 Å². The highest BCUT2D eigenvalue weighted by molar-refractivity contribution is 5.73. The summed E-state index contributed by atoms with van der Waals surface area (Å²) in [6.45, 7) is 2.06. The fourth-order valence-corrected chi connectivity index (χ4v) is 1.61. The number of benzene rings is 1. The fraction of sp³-hybridized carbons (Fsp3) is 0.250. The lowest BCUT2D eigenvalue weighted by molar-refractivity contribution is 0.242. The van der Waals surface area contributed by atoms with Gasteiger partial charge in [0.15, 0.2) is 0 Å². The molecule has 0 unspecified atom stereocenters. The first kappa shape index (κ1) is 13.0. The Balaban J connectivity index is 2.14. The molecule has 0 saturated heterocycles. The minimum absolute atomic E-state index is 0.258. The van der Waals surface area contributed by atoms with Gasteiger partial charge >= 0.3 is 6.03 Å². The molecule has 2 aromatic rings. The van der Waals surface area contributed by atoms with Crippen LogP contribution in [0.4, 0.5) is 9.18 Å². The number of nitrogens with zero attached hydrogens (tertiary/aromatic N) is 3. The van der Waals surface area contributed by atoms with Crippen molar-refractivity contribution in [1.82, 2.24) is 25.6 Å². The zero-order valence-electron chi connectivity index (χ0n) is 10.6. The molecule has 19 heavy (non-hydrogen) atoms. The largest absolute Gasteiger partial charge is 0.341 e. The highest BCUT2D eigenvalue weighted by Crippen LogP contribution is 2.12. The lowest BCUT2D eigenvalue weighted by atomic mass is 10.2. The molecule has 0 aliphatic rings. The highest BCUT2D eigenvalue weighted by atomic mass is 19.1. The Morgan fingerprint density at radius 1 is 1.42 bits per heavy atom. The van der Waals surface area contributed by atoms with E-state index in [2.05, 4.69) is 20.9 Å². The number of urea groups is 1. The van der Waals surface area contributed by atoms with Crippen LogP contribution in [0.3, 0.4) is 0 Å². The molecule has 0 bridgehead atoms. The number of rotatable bonds is 3. The Bertz CT molecular complexity index is 575. The summed E-state index contributed by atoms with van der Waals surface area (Å²) in [5.74, 6) is -0.324. The van der Waals surface area contributed by atoms with Gasteiger partial charge in [0.1, 0.15) is 11.5 Å². The molecule has 0 aliphatic heterocycles. The summed E-state index contributed by atoms with van der Waals surface area (Å²) in [6, 6.07) is 4.32. The molecule has 2 amide bonds. The first-order chi connectivity index (χ1) is 9.08. The summed E-state index contributed by atoms with van der Waals surface area (Å²) < 4.78 is 14.8. The van der Waals surface area contributed by atoms with Crippen molar-refractivity contribution in [3.05, 3.63) is 41.5 Å². The Kier molecular flexibility index (Phi) is 3.74. The Morgan fingerprint density at radius 2 is 2.21 bits per heavy atom. The standard InChI is InChI=1S/C12H14FN5O/c1-8-3-9(13)5-11(4-8)18-7-10(16-17-18)6-15-12(19)14-2/h3-5,7H,6H2,1-2H3,(H2,14,15,19). The van der Waals surface area contributed by atoms with Crippen molar-refractivity contribution in [3.8, 4) is 5.69 Å². The maximum absolute atomic E-state index is 13.3. The van der Waals surface area contributed by atoms with E-state index in [1.165, 1.54) is 23.9 Å². The van der Waals surface area contributed by atoms with Gasteiger partial charge in [-0.3, -0.25) is 0 Å². The quantitative estimate of drug-likeness (QED) is 0.872. The van der Waals surface area contributed by atoms with Crippen LogP contribution < -0.4 is 10.6 Å². The zero-order chi connectivity index (χ0) is 13.8. The van der Waals surface area contributed by atoms with Crippen LogP contribution in [0.15, 0.2) is 24.4 Å². The van der Waals surface area contributed by atoms with Gasteiger partial charge in [-0.1, -0.05) is 5.21 Å². The van der Waals surface area contributed by atoms with E-state index >= 15 is 0 Å². The predicted octanol–water partition coefficient (Wildman–Crippen LogP) is 1.14. The monoisotopic (exact) mass is 263 g/mol. The van der Waals surface area contributed by atoms with E-state index < -0.39 is 0 Å². The summed E-state index contributed by atoms with van der Waals surface area (Å²) in [6.07, 6.45) is 1.64. The minimum atomic E-state index is -0.324. The van der Waals surface area contributed by atoms with Gasteiger partial charge in [0, 0.05) is 7.05 Å². The molecule has 0 fully saturated rings. The number of hydrogen-bond donors (Lipinski definition) is 2. The molecule has 1 aromatic heterocycles. The molecular weight excluding hydrogens is 249 g/mol. The van der Waals surface area contributed by atoms with Crippen LogP contribution in [-0.2, 0) is 6.54 Å². The molecule has 0 radical (unpaired) electrons. The van der Waals surface area contributed by atoms with E-state index in [1.807, 2.05) is 0 Å². The summed E-state index contributed by atoms with van der Waals surface area (Å²) in [7, 11) is 1.53. The van der Waals surface area contributed by atoms with Gasteiger partial charge in [-0.2, -0.15) is 0 Å². The maximum Gasteiger partial charge on any atom is 0.314 e. The second-order valence-electron chi connectivity index (χ2n) is 4.07. The second kappa shape index (κ2) is 5.47. The van der Waals surface area contributed by atoms with Crippen LogP contribution in [0.5, 0.6) is 0 Å². The second-order valence-corrected chi connectivity index (χ2v) is 4.07. The van der Waals surface area contributed by atoms with Crippen molar-refractivity contribution in [2.45, 2.75) is 13.5 Å². The number of aryl methyl sites for hydroxylation is 1. The number of aromatic nitrogens is 3. The predicted molar refractivity (Wildman–Crippen MR) is 67.3 cm³/mol. The molecule has 0 spiro atoms. The van der Waals surface area contributed by atoms with Gasteiger partial charge in [-0.05, 0) is 30.7 Å². The minimum Gasteiger partial charge on any atom is -0.341 e. The molecule has 0 aliphatic carbocycles. The summed E-state index contributed by atoms with van der Waals surface area (Å²) in [5, 5.41) is 12.8. The molecular formula is C12H14FN5O. The molecule has 2 rings (SSSR count). The number of carbonyl (C=O) groups excluding carboxylic acids is 1. The van der Waals surface area contributed by atoms with E-state index in [0.29, 0.717) is 11.4 Å². The Morgan fingerprint density at radius 3 is 2.89 bits per heavy atom. The first-order valence-corrected chi connectivity index (χ1v) is 5.73. The van der Waals surface area contributed by atoms with Crippen molar-refractivity contribution >= 4 is 6.03 Å². The molecule has 1 aromatic carbocycles. The molecule has 0 saturated carbocycles. The lowest BCUT2D eigenvalue weighted by Crippen LogP contribution is -2.32. The van der Waals surface area contributed by atoms with E-state index in [1.54, 1.807) is 19.2 Å². The van der Waals surface area contributed by atoms with Gasteiger partial charge in [0.2, 0.25) is 0 Å². The SMILES string of the molecule is CNC(=O)NCc1cn(-c2cc(C)cc(F)c2)nn1. The highest BCUT2D eigenvalue weighted by Gasteiger charge is 2.06. The maximum atomic E-state index is 13.3. The summed E-state index contributed by atoms with van der Waals surface area (Å²) in [4.78, 5) is 11.0. The fourth-order valence-electron chi connectivity index (χ4n) is 1.61. The Hall–Kier alpha value is -2.44. The lowest BCUT2D eigenvalue weighted by Gasteiger charge is -2.02. The normalized spacial score (nSPS) is 10.3. The van der Waals surface area contributed by atoms with E-state index in [4.69, 9.17) is 0 Å². The number of nitrogens with one attached hydrogen (secondary N) is 2. The molecule has 100 valence electrons. The third-order valence-electron chi connectivity index (χ3n) is 2.49. The Labute approximate surface area is 109 Å². The topological polar surface area (TPSA) is 71.8 Å². The van der Waals surface area contributed by atoms with Gasteiger partial charge in [0.25, 0.3) is 0 Å². The smallest absolute Gasteiger partial charge is 0.314 e. The van der Waals surface area contributed by atoms with Crippen LogP contribution >= 0.6 is 0 Å². The molecule has 7 heteroatoms. The zero-order valence-corrected chi connectivity index (χ0v) is 10.6. The van der Waals surface area contributed by atoms with Gasteiger partial charge < -0.3 is 10.6 Å². The van der Waals surface area contributed by atoms with Crippen LogP contribution in [0.2, 0.25) is 0 Å². The average molecular weight is 263 g/mol. The number of halogens is 1. The van der Waals surface area contributed by atoms with Crippen molar-refractivity contribution in [2.24, 2.45) is 0 Å². The molecule has 2 N–H and O–H groups in total. The van der Waals surface area contributed by atoms with Crippen LogP contribution in [-0.4, -0.2) is 28.1 Å². The van der Waals surface area contributed by atoms with Crippen molar-refractivity contribution in [2.75, 3.05) is 7.05 Å². The molecule has 0 atom stereocenters.